The maximum Gasteiger partial charge on any atom is 0.213 e. The third-order valence-electron chi connectivity index (χ3n) is 3.79. The molecule has 1 aromatic carbocycles. The molecule has 0 saturated heterocycles. The van der Waals surface area contributed by atoms with Crippen LogP contribution in [0.2, 0.25) is 0 Å². The van der Waals surface area contributed by atoms with Crippen LogP contribution >= 0.6 is 11.8 Å². The van der Waals surface area contributed by atoms with Crippen LogP contribution in [0.4, 0.5) is 5.69 Å². The second-order valence-corrected chi connectivity index (χ2v) is 6.71. The SMILES string of the molecule is CSc1ccccc1COc1ccc(/N=C/N(C)C(C)C)c(C)n1. The number of ether oxygens (including phenoxy) is 1. The molecule has 0 aliphatic heterocycles. The van der Waals surface area contributed by atoms with Crippen molar-refractivity contribution in [2.24, 2.45) is 4.99 Å². The van der Waals surface area contributed by atoms with Crippen LogP contribution in [0.3, 0.4) is 0 Å². The number of pyridine rings is 1. The zero-order valence-corrected chi connectivity index (χ0v) is 15.8. The summed E-state index contributed by atoms with van der Waals surface area (Å²) in [4.78, 5) is 12.3. The van der Waals surface area contributed by atoms with Crippen molar-refractivity contribution in [3.8, 4) is 5.88 Å². The van der Waals surface area contributed by atoms with E-state index in [1.807, 2.05) is 44.6 Å². The summed E-state index contributed by atoms with van der Waals surface area (Å²) in [6, 6.07) is 12.5. The van der Waals surface area contributed by atoms with Gasteiger partial charge in [0.25, 0.3) is 0 Å². The van der Waals surface area contributed by atoms with Gasteiger partial charge in [-0.15, -0.1) is 11.8 Å². The zero-order valence-electron chi connectivity index (χ0n) is 15.0. The van der Waals surface area contributed by atoms with Crippen LogP contribution in [0.15, 0.2) is 46.3 Å². The Balaban J connectivity index is 2.04. The van der Waals surface area contributed by atoms with Crippen LogP contribution in [0, 0.1) is 6.92 Å². The second-order valence-electron chi connectivity index (χ2n) is 5.86. The molecule has 1 aromatic heterocycles. The average molecular weight is 343 g/mol. The monoisotopic (exact) mass is 343 g/mol. The van der Waals surface area contributed by atoms with Crippen molar-refractivity contribution < 1.29 is 4.74 Å². The number of rotatable bonds is 7. The van der Waals surface area contributed by atoms with E-state index < -0.39 is 0 Å². The molecule has 0 bridgehead atoms. The average Bonchev–Trinajstić information content (AvgIpc) is 2.58. The zero-order chi connectivity index (χ0) is 17.5. The highest BCUT2D eigenvalue weighted by molar-refractivity contribution is 7.98. The summed E-state index contributed by atoms with van der Waals surface area (Å²) in [6.45, 7) is 6.72. The molecule has 0 unspecified atom stereocenters. The lowest BCUT2D eigenvalue weighted by atomic mass is 10.2. The highest BCUT2D eigenvalue weighted by atomic mass is 32.2. The Morgan fingerprint density at radius 2 is 2.00 bits per heavy atom. The molecular weight excluding hydrogens is 318 g/mol. The fraction of sp³-hybridized carbons (Fsp3) is 0.368. The highest BCUT2D eigenvalue weighted by Crippen LogP contribution is 2.23. The first-order valence-electron chi connectivity index (χ1n) is 7.99. The van der Waals surface area contributed by atoms with Gasteiger partial charge in [-0.05, 0) is 39.2 Å². The molecule has 0 N–H and O–H groups in total. The molecule has 128 valence electrons. The Kier molecular flexibility index (Phi) is 6.67. The van der Waals surface area contributed by atoms with Crippen molar-refractivity contribution in [2.75, 3.05) is 13.3 Å². The molecule has 1 heterocycles. The molecule has 24 heavy (non-hydrogen) atoms. The minimum absolute atomic E-state index is 0.418. The summed E-state index contributed by atoms with van der Waals surface area (Å²) in [5.74, 6) is 0.625. The molecule has 0 aliphatic rings. The third-order valence-corrected chi connectivity index (χ3v) is 4.63. The summed E-state index contributed by atoms with van der Waals surface area (Å²) >= 11 is 1.72. The Morgan fingerprint density at radius 3 is 2.67 bits per heavy atom. The van der Waals surface area contributed by atoms with Crippen LogP contribution in [-0.4, -0.2) is 35.6 Å². The number of aryl methyl sites for hydroxylation is 1. The van der Waals surface area contributed by atoms with Crippen molar-refractivity contribution in [1.82, 2.24) is 9.88 Å². The van der Waals surface area contributed by atoms with E-state index in [9.17, 15) is 0 Å². The molecule has 4 nitrogen and oxygen atoms in total. The fourth-order valence-electron chi connectivity index (χ4n) is 2.01. The molecule has 2 rings (SSSR count). The van der Waals surface area contributed by atoms with Crippen LogP contribution < -0.4 is 4.74 Å². The molecule has 0 aliphatic carbocycles. The van der Waals surface area contributed by atoms with E-state index in [2.05, 4.69) is 47.1 Å². The normalized spacial score (nSPS) is 11.2. The molecule has 0 spiro atoms. The summed E-state index contributed by atoms with van der Waals surface area (Å²) in [5.41, 5.74) is 2.89. The second kappa shape index (κ2) is 8.73. The summed E-state index contributed by atoms with van der Waals surface area (Å²) < 4.78 is 5.85. The molecule has 5 heteroatoms. The number of hydrogen-bond acceptors (Lipinski definition) is 4. The van der Waals surface area contributed by atoms with Gasteiger partial charge in [0.1, 0.15) is 6.61 Å². The number of thioether (sulfide) groups is 1. The molecule has 0 fully saturated rings. The van der Waals surface area contributed by atoms with Gasteiger partial charge in [0.15, 0.2) is 0 Å². The predicted molar refractivity (Wildman–Crippen MR) is 103 cm³/mol. The van der Waals surface area contributed by atoms with Gasteiger partial charge in [-0.25, -0.2) is 9.98 Å². The van der Waals surface area contributed by atoms with Gasteiger partial charge in [0.05, 0.1) is 17.7 Å². The lowest BCUT2D eigenvalue weighted by Crippen LogP contribution is -2.24. The smallest absolute Gasteiger partial charge is 0.213 e. The number of nitrogens with zero attached hydrogens (tertiary/aromatic N) is 3. The van der Waals surface area contributed by atoms with Crippen molar-refractivity contribution >= 4 is 23.8 Å². The first-order valence-corrected chi connectivity index (χ1v) is 9.22. The van der Waals surface area contributed by atoms with Gasteiger partial charge >= 0.3 is 0 Å². The van der Waals surface area contributed by atoms with Crippen LogP contribution in [-0.2, 0) is 6.61 Å². The van der Waals surface area contributed by atoms with Crippen molar-refractivity contribution in [3.63, 3.8) is 0 Å². The summed E-state index contributed by atoms with van der Waals surface area (Å²) in [6.07, 6.45) is 3.91. The van der Waals surface area contributed by atoms with E-state index in [1.165, 1.54) is 10.5 Å². The van der Waals surface area contributed by atoms with E-state index in [-0.39, 0.29) is 0 Å². The lowest BCUT2D eigenvalue weighted by Gasteiger charge is -2.17. The van der Waals surface area contributed by atoms with Crippen LogP contribution in [0.5, 0.6) is 5.88 Å². The molecule has 0 amide bonds. The Hall–Kier alpha value is -2.01. The molecule has 0 radical (unpaired) electrons. The Labute approximate surface area is 149 Å². The van der Waals surface area contributed by atoms with E-state index in [0.29, 0.717) is 18.5 Å². The first-order chi connectivity index (χ1) is 11.5. The summed E-state index contributed by atoms with van der Waals surface area (Å²) in [5, 5.41) is 0. The minimum atomic E-state index is 0.418. The van der Waals surface area contributed by atoms with E-state index in [1.54, 1.807) is 11.8 Å². The van der Waals surface area contributed by atoms with E-state index in [4.69, 9.17) is 4.74 Å². The van der Waals surface area contributed by atoms with E-state index in [0.717, 1.165) is 11.4 Å². The molecular formula is C19H25N3OS. The van der Waals surface area contributed by atoms with Gasteiger partial charge in [-0.1, -0.05) is 18.2 Å². The summed E-state index contributed by atoms with van der Waals surface area (Å²) in [7, 11) is 2.01. The molecule has 0 saturated carbocycles. The standard InChI is InChI=1S/C19H25N3OS/c1-14(2)22(4)13-20-17-10-11-19(21-15(17)3)23-12-16-8-6-7-9-18(16)24-5/h6-11,13-14H,12H2,1-5H3/b20-13+. The van der Waals surface area contributed by atoms with Gasteiger partial charge < -0.3 is 9.64 Å². The quantitative estimate of drug-likeness (QED) is 0.415. The van der Waals surface area contributed by atoms with Gasteiger partial charge in [0.2, 0.25) is 5.88 Å². The van der Waals surface area contributed by atoms with E-state index >= 15 is 0 Å². The number of benzene rings is 1. The molecule has 0 atom stereocenters. The molecule has 2 aromatic rings. The number of hydrogen-bond donors (Lipinski definition) is 0. The van der Waals surface area contributed by atoms with Crippen molar-refractivity contribution in [1.29, 1.82) is 0 Å². The van der Waals surface area contributed by atoms with Crippen molar-refractivity contribution in [3.05, 3.63) is 47.7 Å². The van der Waals surface area contributed by atoms with Crippen LogP contribution in [0.1, 0.15) is 25.1 Å². The minimum Gasteiger partial charge on any atom is -0.473 e. The largest absolute Gasteiger partial charge is 0.473 e. The number of aliphatic imine (C=N–C) groups is 1. The maximum atomic E-state index is 5.85. The van der Waals surface area contributed by atoms with Gasteiger partial charge in [-0.2, -0.15) is 0 Å². The van der Waals surface area contributed by atoms with Gasteiger partial charge in [0, 0.05) is 29.6 Å². The number of aromatic nitrogens is 1. The highest BCUT2D eigenvalue weighted by Gasteiger charge is 2.05. The maximum absolute atomic E-state index is 5.85. The van der Waals surface area contributed by atoms with Crippen LogP contribution in [0.25, 0.3) is 0 Å². The van der Waals surface area contributed by atoms with Crippen molar-refractivity contribution in [2.45, 2.75) is 38.3 Å². The topological polar surface area (TPSA) is 37.7 Å². The van der Waals surface area contributed by atoms with Gasteiger partial charge in [-0.3, -0.25) is 0 Å². The lowest BCUT2D eigenvalue weighted by molar-refractivity contribution is 0.290. The third kappa shape index (κ3) is 4.99. The fourth-order valence-corrected chi connectivity index (χ4v) is 2.61. The first kappa shape index (κ1) is 18.3. The predicted octanol–water partition coefficient (Wildman–Crippen LogP) is 4.69. The Bertz CT molecular complexity index is 701. The Morgan fingerprint density at radius 1 is 1.25 bits per heavy atom.